The number of aromatic hydroxyl groups is 1. The molecule has 0 aliphatic heterocycles. The maximum absolute atomic E-state index is 11.7. The van der Waals surface area contributed by atoms with Gasteiger partial charge in [-0.25, -0.2) is 0 Å². The summed E-state index contributed by atoms with van der Waals surface area (Å²) in [6.07, 6.45) is 7.62. The second kappa shape index (κ2) is 11.5. The number of carbonyl (C=O) groups is 1. The Kier molecular flexibility index (Phi) is 10.3. The molecule has 0 radical (unpaired) electrons. The molecule has 0 heterocycles. The lowest BCUT2D eigenvalue weighted by Gasteiger charge is -2.33. The van der Waals surface area contributed by atoms with Gasteiger partial charge < -0.3 is 10.2 Å². The molecule has 0 saturated carbocycles. The maximum Gasteiger partial charge on any atom is 0.307 e. The van der Waals surface area contributed by atoms with Crippen molar-refractivity contribution in [2.45, 2.75) is 116 Å². The molecule has 0 amide bonds. The number of carboxylic acids is 1. The molecule has 2 N–H and O–H groups in total. The molecule has 0 bridgehead atoms. The van der Waals surface area contributed by atoms with Gasteiger partial charge in [-0.3, -0.25) is 4.79 Å². The van der Waals surface area contributed by atoms with Crippen molar-refractivity contribution in [2.75, 3.05) is 5.75 Å². The van der Waals surface area contributed by atoms with Crippen molar-refractivity contribution < 1.29 is 15.0 Å². The van der Waals surface area contributed by atoms with Gasteiger partial charge >= 0.3 is 5.97 Å². The molecule has 172 valence electrons. The van der Waals surface area contributed by atoms with E-state index in [4.69, 9.17) is 0 Å². The fourth-order valence-corrected chi connectivity index (χ4v) is 5.23. The van der Waals surface area contributed by atoms with E-state index in [0.29, 0.717) is 5.75 Å². The smallest absolute Gasteiger partial charge is 0.307 e. The van der Waals surface area contributed by atoms with E-state index in [0.717, 1.165) is 28.0 Å². The lowest BCUT2D eigenvalue weighted by Crippen LogP contribution is -2.22. The zero-order valence-corrected chi connectivity index (χ0v) is 21.3. The van der Waals surface area contributed by atoms with Gasteiger partial charge in [-0.05, 0) is 46.6 Å². The summed E-state index contributed by atoms with van der Waals surface area (Å²) >= 11 is 1.88. The van der Waals surface area contributed by atoms with E-state index in [2.05, 4.69) is 55.4 Å². The van der Waals surface area contributed by atoms with Crippen LogP contribution < -0.4 is 0 Å². The number of unbranched alkanes of at least 4 members (excludes halogenated alkanes) is 5. The van der Waals surface area contributed by atoms with Gasteiger partial charge in [-0.15, -0.1) is 0 Å². The van der Waals surface area contributed by atoms with Crippen LogP contribution in [0.25, 0.3) is 0 Å². The average Bonchev–Trinajstić information content (AvgIpc) is 2.59. The molecule has 0 fully saturated rings. The van der Waals surface area contributed by atoms with Gasteiger partial charge in [0.25, 0.3) is 0 Å². The summed E-state index contributed by atoms with van der Waals surface area (Å²) in [5.41, 5.74) is 3.08. The second-order valence-electron chi connectivity index (χ2n) is 10.6. The number of hydrogen-bond acceptors (Lipinski definition) is 3. The van der Waals surface area contributed by atoms with Crippen LogP contribution in [-0.4, -0.2) is 21.9 Å². The zero-order valence-electron chi connectivity index (χ0n) is 20.5. The highest BCUT2D eigenvalue weighted by Gasteiger charge is 2.32. The van der Waals surface area contributed by atoms with Crippen molar-refractivity contribution in [3.05, 3.63) is 28.3 Å². The molecular weight excluding hydrogens is 392 g/mol. The Morgan fingerprint density at radius 2 is 1.57 bits per heavy atom. The number of aliphatic carboxylic acids is 1. The summed E-state index contributed by atoms with van der Waals surface area (Å²) in [4.78, 5) is 11.7. The van der Waals surface area contributed by atoms with Crippen molar-refractivity contribution in [1.29, 1.82) is 0 Å². The van der Waals surface area contributed by atoms with Crippen LogP contribution in [0.2, 0.25) is 0 Å². The van der Waals surface area contributed by atoms with E-state index in [-0.39, 0.29) is 22.5 Å². The molecule has 1 unspecified atom stereocenters. The molecular formula is C26H44O3S. The Morgan fingerprint density at radius 1 is 1.00 bits per heavy atom. The fourth-order valence-electron chi connectivity index (χ4n) is 4.07. The number of rotatable bonds is 11. The monoisotopic (exact) mass is 436 g/mol. The topological polar surface area (TPSA) is 57.5 Å². The molecule has 0 aromatic heterocycles. The van der Waals surface area contributed by atoms with E-state index in [1.165, 1.54) is 38.5 Å². The Morgan fingerprint density at radius 3 is 2.07 bits per heavy atom. The van der Waals surface area contributed by atoms with Crippen LogP contribution in [0.1, 0.15) is 121 Å². The van der Waals surface area contributed by atoms with E-state index < -0.39 is 5.97 Å². The van der Waals surface area contributed by atoms with Crippen molar-refractivity contribution in [3.8, 4) is 5.75 Å². The van der Waals surface area contributed by atoms with Crippen molar-refractivity contribution >= 4 is 17.7 Å². The standard InChI is InChI=1S/C26H44O3S/c1-9-10-11-12-13-14-15-30-18(2)22-19(17-21(27)28)16-20(25(3,4)5)24(29)23(22)26(6,7)8/h16,18,29H,9-15,17H2,1-8H3,(H,27,28). The first-order chi connectivity index (χ1) is 13.8. The highest BCUT2D eigenvalue weighted by atomic mass is 32.2. The van der Waals surface area contributed by atoms with Gasteiger partial charge in [0.05, 0.1) is 6.42 Å². The minimum Gasteiger partial charge on any atom is -0.507 e. The van der Waals surface area contributed by atoms with Crippen molar-refractivity contribution in [1.82, 2.24) is 0 Å². The maximum atomic E-state index is 11.7. The molecule has 30 heavy (non-hydrogen) atoms. The SMILES string of the molecule is CCCCCCCCSC(C)c1c(CC(=O)O)cc(C(C)(C)C)c(O)c1C(C)(C)C. The van der Waals surface area contributed by atoms with E-state index in [1.54, 1.807) is 0 Å². The third-order valence-corrected chi connectivity index (χ3v) is 6.86. The highest BCUT2D eigenvalue weighted by molar-refractivity contribution is 7.99. The molecule has 4 heteroatoms. The number of benzene rings is 1. The van der Waals surface area contributed by atoms with E-state index in [9.17, 15) is 15.0 Å². The third-order valence-electron chi connectivity index (χ3n) is 5.60. The van der Waals surface area contributed by atoms with E-state index in [1.807, 2.05) is 17.8 Å². The Labute approximate surface area is 189 Å². The number of phenolic OH excluding ortho intramolecular Hbond substituents is 1. The van der Waals surface area contributed by atoms with Gasteiger partial charge in [-0.1, -0.05) is 86.6 Å². The van der Waals surface area contributed by atoms with Crippen LogP contribution in [0.15, 0.2) is 6.07 Å². The van der Waals surface area contributed by atoms with Crippen molar-refractivity contribution in [3.63, 3.8) is 0 Å². The minimum atomic E-state index is -0.824. The number of phenols is 1. The summed E-state index contributed by atoms with van der Waals surface area (Å²) in [7, 11) is 0. The normalized spacial score (nSPS) is 13.5. The lowest BCUT2D eigenvalue weighted by molar-refractivity contribution is -0.136. The zero-order chi connectivity index (χ0) is 23.1. The van der Waals surface area contributed by atoms with Gasteiger partial charge in [0.2, 0.25) is 0 Å². The van der Waals surface area contributed by atoms with E-state index >= 15 is 0 Å². The summed E-state index contributed by atoms with van der Waals surface area (Å²) < 4.78 is 0. The predicted molar refractivity (Wildman–Crippen MR) is 131 cm³/mol. The van der Waals surface area contributed by atoms with Crippen molar-refractivity contribution in [2.24, 2.45) is 0 Å². The fraction of sp³-hybridized carbons (Fsp3) is 0.731. The molecule has 1 rings (SSSR count). The van der Waals surface area contributed by atoms with Gasteiger partial charge in [0, 0.05) is 10.8 Å². The van der Waals surface area contributed by atoms with Crippen LogP contribution in [-0.2, 0) is 22.0 Å². The molecule has 0 aliphatic rings. The minimum absolute atomic E-state index is 0.0102. The first-order valence-corrected chi connectivity index (χ1v) is 12.6. The molecule has 1 atom stereocenters. The highest BCUT2D eigenvalue weighted by Crippen LogP contribution is 2.47. The van der Waals surface area contributed by atoms with Crippen LogP contribution in [0, 0.1) is 0 Å². The van der Waals surface area contributed by atoms with Gasteiger partial charge in [-0.2, -0.15) is 11.8 Å². The first kappa shape index (κ1) is 26.9. The molecule has 0 spiro atoms. The summed E-state index contributed by atoms with van der Waals surface area (Å²) in [5, 5.41) is 21.0. The number of thioether (sulfide) groups is 1. The molecule has 1 aromatic carbocycles. The quantitative estimate of drug-likeness (QED) is 0.348. The summed E-state index contributed by atoms with van der Waals surface area (Å²) in [6.45, 7) is 16.9. The predicted octanol–water partition coefficient (Wildman–Crippen LogP) is 7.77. The number of carboxylic acid groups (broad SMARTS) is 1. The number of hydrogen-bond donors (Lipinski definition) is 2. The molecule has 1 aromatic rings. The first-order valence-electron chi connectivity index (χ1n) is 11.5. The molecule has 3 nitrogen and oxygen atoms in total. The Balaban J connectivity index is 3.26. The molecule has 0 saturated heterocycles. The Bertz CT molecular complexity index is 696. The van der Waals surface area contributed by atoms with Crippen LogP contribution in [0.3, 0.4) is 0 Å². The lowest BCUT2D eigenvalue weighted by atomic mass is 9.74. The van der Waals surface area contributed by atoms with Gasteiger partial charge in [0.1, 0.15) is 5.75 Å². The Hall–Kier alpha value is -1.16. The summed E-state index contributed by atoms with van der Waals surface area (Å²) in [6, 6.07) is 1.94. The molecule has 0 aliphatic carbocycles. The van der Waals surface area contributed by atoms with Crippen LogP contribution in [0.5, 0.6) is 5.75 Å². The largest absolute Gasteiger partial charge is 0.507 e. The average molecular weight is 437 g/mol. The third kappa shape index (κ3) is 7.83. The van der Waals surface area contributed by atoms with Gasteiger partial charge in [0.15, 0.2) is 0 Å². The summed E-state index contributed by atoms with van der Waals surface area (Å²) in [5.74, 6) is 0.575. The van der Waals surface area contributed by atoms with Crippen LogP contribution >= 0.6 is 11.8 Å². The second-order valence-corrected chi connectivity index (χ2v) is 12.0. The van der Waals surface area contributed by atoms with Crippen LogP contribution in [0.4, 0.5) is 0 Å².